The number of halogens is 3. The van der Waals surface area contributed by atoms with Crippen molar-refractivity contribution in [1.29, 1.82) is 0 Å². The molecule has 1 saturated heterocycles. The third-order valence-electron chi connectivity index (χ3n) is 6.35. The lowest BCUT2D eigenvalue weighted by Gasteiger charge is -2.39. The Labute approximate surface area is 200 Å². The van der Waals surface area contributed by atoms with Crippen LogP contribution in [0.25, 0.3) is 0 Å². The summed E-state index contributed by atoms with van der Waals surface area (Å²) in [5, 5.41) is 0.748. The van der Waals surface area contributed by atoms with Gasteiger partial charge in [-0.05, 0) is 87.9 Å². The van der Waals surface area contributed by atoms with Crippen molar-refractivity contribution >= 4 is 33.4 Å². The van der Waals surface area contributed by atoms with E-state index < -0.39 is 0 Å². The fraction of sp³-hybridized carbons (Fsp3) is 0.280. The van der Waals surface area contributed by atoms with Crippen molar-refractivity contribution in [3.05, 3.63) is 98.0 Å². The molecule has 0 N–H and O–H groups in total. The molecule has 7 heteroatoms. The minimum atomic E-state index is -0.337. The highest BCUT2D eigenvalue weighted by atomic mass is 79.9. The largest absolute Gasteiger partial charge is 0.336 e. The van der Waals surface area contributed by atoms with Crippen LogP contribution in [0.2, 0.25) is 5.02 Å². The van der Waals surface area contributed by atoms with Crippen molar-refractivity contribution in [3.63, 3.8) is 0 Å². The first kappa shape index (κ1) is 21.6. The number of rotatable bonds is 2. The highest BCUT2D eigenvalue weighted by Crippen LogP contribution is 2.38. The van der Waals surface area contributed by atoms with Crippen LogP contribution >= 0.6 is 27.5 Å². The molecule has 1 aliphatic heterocycles. The molecule has 1 aliphatic carbocycles. The smallest absolute Gasteiger partial charge is 0.253 e. The summed E-state index contributed by atoms with van der Waals surface area (Å²) >= 11 is 9.88. The van der Waals surface area contributed by atoms with Crippen molar-refractivity contribution in [2.75, 3.05) is 26.2 Å². The summed E-state index contributed by atoms with van der Waals surface area (Å²) in [4.78, 5) is 22.0. The third kappa shape index (κ3) is 4.19. The lowest BCUT2D eigenvalue weighted by atomic mass is 9.96. The van der Waals surface area contributed by atoms with E-state index >= 15 is 0 Å². The highest BCUT2D eigenvalue weighted by molar-refractivity contribution is 9.10. The predicted molar refractivity (Wildman–Crippen MR) is 127 cm³/mol. The van der Waals surface area contributed by atoms with Crippen LogP contribution in [0, 0.1) is 5.82 Å². The first-order chi connectivity index (χ1) is 15.5. The molecule has 0 saturated carbocycles. The SMILES string of the molecule is O=C(c1ccc(F)cc1)N1CCN(C2c3ccc(Cl)cc3CCc3cc(Br)cnc32)CC1. The Hall–Kier alpha value is -2.28. The standard InChI is InChI=1S/C25H22BrClFN3O/c26-19-13-18-2-1-17-14-20(27)5-8-22(17)24(23(18)29-15-19)30-9-11-31(12-10-30)25(32)16-3-6-21(28)7-4-16/h3-8,13-15,24H,1-2,9-12H2. The maximum Gasteiger partial charge on any atom is 0.253 e. The van der Waals surface area contributed by atoms with Gasteiger partial charge in [0.05, 0.1) is 11.7 Å². The number of aromatic nitrogens is 1. The minimum absolute atomic E-state index is 0.0240. The molecule has 2 heterocycles. The number of nitrogens with zero attached hydrogens (tertiary/aromatic N) is 3. The predicted octanol–water partition coefficient (Wildman–Crippen LogP) is 5.28. The highest BCUT2D eigenvalue weighted by Gasteiger charge is 2.33. The average molecular weight is 515 g/mol. The topological polar surface area (TPSA) is 36.4 Å². The monoisotopic (exact) mass is 513 g/mol. The maximum atomic E-state index is 13.2. The summed E-state index contributed by atoms with van der Waals surface area (Å²) < 4.78 is 14.2. The van der Waals surface area contributed by atoms with Gasteiger partial charge in [-0.1, -0.05) is 17.7 Å². The molecule has 2 aromatic carbocycles. The number of hydrogen-bond acceptors (Lipinski definition) is 3. The van der Waals surface area contributed by atoms with E-state index in [4.69, 9.17) is 16.6 Å². The molecule has 4 nitrogen and oxygen atoms in total. The average Bonchev–Trinajstić information content (AvgIpc) is 2.95. The number of pyridine rings is 1. The van der Waals surface area contributed by atoms with E-state index in [0.29, 0.717) is 18.7 Å². The van der Waals surface area contributed by atoms with Crippen LogP contribution in [0.5, 0.6) is 0 Å². The van der Waals surface area contributed by atoms with Crippen molar-refractivity contribution in [2.45, 2.75) is 18.9 Å². The number of aryl methyl sites for hydroxylation is 2. The Morgan fingerprint density at radius 2 is 1.72 bits per heavy atom. The Balaban J connectivity index is 1.42. The van der Waals surface area contributed by atoms with Crippen LogP contribution in [-0.2, 0) is 12.8 Å². The van der Waals surface area contributed by atoms with E-state index in [1.54, 1.807) is 12.1 Å². The Morgan fingerprint density at radius 1 is 1.00 bits per heavy atom. The third-order valence-corrected chi connectivity index (χ3v) is 7.02. The van der Waals surface area contributed by atoms with Gasteiger partial charge >= 0.3 is 0 Å². The summed E-state index contributed by atoms with van der Waals surface area (Å²) in [6.45, 7) is 2.69. The molecular weight excluding hydrogens is 493 g/mol. The number of carbonyl (C=O) groups excluding carboxylic acids is 1. The molecule has 0 spiro atoms. The number of piperazine rings is 1. The maximum absolute atomic E-state index is 13.2. The van der Waals surface area contributed by atoms with Gasteiger partial charge in [0, 0.05) is 47.4 Å². The van der Waals surface area contributed by atoms with Crippen molar-refractivity contribution < 1.29 is 9.18 Å². The lowest BCUT2D eigenvalue weighted by Crippen LogP contribution is -2.50. The van der Waals surface area contributed by atoms with Gasteiger partial charge in [0.1, 0.15) is 5.82 Å². The van der Waals surface area contributed by atoms with E-state index in [0.717, 1.165) is 41.1 Å². The molecule has 1 unspecified atom stereocenters. The van der Waals surface area contributed by atoms with E-state index in [1.807, 2.05) is 17.2 Å². The van der Waals surface area contributed by atoms with Gasteiger partial charge in [0.25, 0.3) is 5.91 Å². The van der Waals surface area contributed by atoms with E-state index in [2.05, 4.69) is 39.0 Å². The number of benzene rings is 2. The van der Waals surface area contributed by atoms with Gasteiger partial charge < -0.3 is 4.90 Å². The Bertz CT molecular complexity index is 1110. The summed E-state index contributed by atoms with van der Waals surface area (Å²) in [7, 11) is 0. The van der Waals surface area contributed by atoms with E-state index in [1.165, 1.54) is 28.8 Å². The van der Waals surface area contributed by atoms with Crippen LogP contribution in [-0.4, -0.2) is 46.9 Å². The molecule has 0 bridgehead atoms. The number of amides is 1. The van der Waals surface area contributed by atoms with Crippen LogP contribution < -0.4 is 0 Å². The van der Waals surface area contributed by atoms with Crippen molar-refractivity contribution in [3.8, 4) is 0 Å². The minimum Gasteiger partial charge on any atom is -0.336 e. The van der Waals surface area contributed by atoms with Gasteiger partial charge in [0.15, 0.2) is 0 Å². The second kappa shape index (κ2) is 8.93. The zero-order chi connectivity index (χ0) is 22.2. The van der Waals surface area contributed by atoms with Crippen LogP contribution in [0.15, 0.2) is 59.2 Å². The summed E-state index contributed by atoms with van der Waals surface area (Å²) in [5.41, 5.74) is 5.32. The molecule has 1 atom stereocenters. The molecule has 164 valence electrons. The molecule has 1 aromatic heterocycles. The number of fused-ring (bicyclic) bond motifs is 2. The van der Waals surface area contributed by atoms with Gasteiger partial charge in [-0.3, -0.25) is 14.7 Å². The molecule has 1 fully saturated rings. The van der Waals surface area contributed by atoms with E-state index in [-0.39, 0.29) is 17.8 Å². The van der Waals surface area contributed by atoms with Gasteiger partial charge in [-0.15, -0.1) is 0 Å². The fourth-order valence-corrected chi connectivity index (χ4v) is 5.31. The van der Waals surface area contributed by atoms with Crippen LogP contribution in [0.1, 0.15) is 38.8 Å². The van der Waals surface area contributed by atoms with Crippen LogP contribution in [0.4, 0.5) is 4.39 Å². The van der Waals surface area contributed by atoms with Crippen molar-refractivity contribution in [1.82, 2.24) is 14.8 Å². The first-order valence-corrected chi connectivity index (χ1v) is 11.9. The quantitative estimate of drug-likeness (QED) is 0.467. The second-order valence-corrected chi connectivity index (χ2v) is 9.63. The van der Waals surface area contributed by atoms with Gasteiger partial charge in [-0.2, -0.15) is 0 Å². The number of carbonyl (C=O) groups is 1. The Morgan fingerprint density at radius 3 is 2.47 bits per heavy atom. The molecule has 2 aliphatic rings. The normalized spacial score (nSPS) is 18.6. The summed E-state index contributed by atoms with van der Waals surface area (Å²) in [5.74, 6) is -0.392. The second-order valence-electron chi connectivity index (χ2n) is 8.28. The van der Waals surface area contributed by atoms with Gasteiger partial charge in [0.2, 0.25) is 0 Å². The molecular formula is C25H22BrClFN3O. The zero-order valence-electron chi connectivity index (χ0n) is 17.4. The van der Waals surface area contributed by atoms with Crippen molar-refractivity contribution in [2.24, 2.45) is 0 Å². The molecule has 0 radical (unpaired) electrons. The van der Waals surface area contributed by atoms with Gasteiger partial charge in [-0.25, -0.2) is 4.39 Å². The lowest BCUT2D eigenvalue weighted by molar-refractivity contribution is 0.0594. The molecule has 3 aromatic rings. The molecule has 32 heavy (non-hydrogen) atoms. The van der Waals surface area contributed by atoms with E-state index in [9.17, 15) is 9.18 Å². The Kier molecular flexibility index (Phi) is 6.01. The fourth-order valence-electron chi connectivity index (χ4n) is 4.74. The summed E-state index contributed by atoms with van der Waals surface area (Å²) in [6, 6.07) is 14.1. The molecule has 1 amide bonds. The summed E-state index contributed by atoms with van der Waals surface area (Å²) in [6.07, 6.45) is 3.69. The first-order valence-electron chi connectivity index (χ1n) is 10.7. The van der Waals surface area contributed by atoms with Crippen LogP contribution in [0.3, 0.4) is 0 Å². The molecule has 5 rings (SSSR count). The zero-order valence-corrected chi connectivity index (χ0v) is 19.7. The number of hydrogen-bond donors (Lipinski definition) is 0.